The highest BCUT2D eigenvalue weighted by Gasteiger charge is 2.22. The number of amides is 1. The van der Waals surface area contributed by atoms with E-state index < -0.39 is 31.8 Å². The van der Waals surface area contributed by atoms with E-state index in [1.807, 2.05) is 6.92 Å². The molecule has 0 aliphatic heterocycles. The summed E-state index contributed by atoms with van der Waals surface area (Å²) in [5.41, 5.74) is 1.94. The molecule has 10 heteroatoms. The number of benzene rings is 2. The van der Waals surface area contributed by atoms with Crippen LogP contribution in [0.15, 0.2) is 51.8 Å². The Balaban J connectivity index is 2.16. The first-order valence-electron chi connectivity index (χ1n) is 8.62. The number of carbonyl (C=O) groups excluding carboxylic acids is 1. The predicted molar refractivity (Wildman–Crippen MR) is 117 cm³/mol. The van der Waals surface area contributed by atoms with Crippen molar-refractivity contribution in [2.45, 2.75) is 24.8 Å². The number of carbonyl (C=O) groups is 1. The second-order valence-electron chi connectivity index (χ2n) is 6.83. The topological polar surface area (TPSA) is 101 Å². The number of anilines is 1. The molecule has 0 aromatic heterocycles. The Morgan fingerprint density at radius 2 is 1.66 bits per heavy atom. The van der Waals surface area contributed by atoms with Crippen molar-refractivity contribution < 1.29 is 21.6 Å². The molecule has 0 saturated carbocycles. The fourth-order valence-corrected chi connectivity index (χ4v) is 4.41. The largest absolute Gasteiger partial charge is 0.348 e. The summed E-state index contributed by atoms with van der Waals surface area (Å²) < 4.78 is 49.4. The minimum Gasteiger partial charge on any atom is -0.348 e. The van der Waals surface area contributed by atoms with E-state index in [9.17, 15) is 21.6 Å². The van der Waals surface area contributed by atoms with Gasteiger partial charge in [0.2, 0.25) is 15.9 Å². The van der Waals surface area contributed by atoms with Crippen molar-refractivity contribution in [3.05, 3.63) is 58.1 Å². The van der Waals surface area contributed by atoms with Gasteiger partial charge in [0.15, 0.2) is 9.84 Å². The van der Waals surface area contributed by atoms with Crippen LogP contribution in [-0.2, 0) is 24.7 Å². The molecule has 0 saturated heterocycles. The van der Waals surface area contributed by atoms with Gasteiger partial charge in [-0.1, -0.05) is 28.1 Å². The summed E-state index contributed by atoms with van der Waals surface area (Å²) in [6.07, 6.45) is 2.17. The summed E-state index contributed by atoms with van der Waals surface area (Å²) in [6, 6.07) is 10.8. The maximum Gasteiger partial charge on any atom is 0.241 e. The molecule has 2 rings (SSSR count). The third-order valence-electron chi connectivity index (χ3n) is 4.30. The van der Waals surface area contributed by atoms with Crippen LogP contribution in [0.3, 0.4) is 0 Å². The van der Waals surface area contributed by atoms with Crippen molar-refractivity contribution in [2.24, 2.45) is 0 Å². The number of nitrogens with zero attached hydrogens (tertiary/aromatic N) is 1. The number of rotatable bonds is 7. The van der Waals surface area contributed by atoms with Crippen molar-refractivity contribution in [1.29, 1.82) is 0 Å². The Bertz CT molecular complexity index is 1110. The Kier molecular flexibility index (Phi) is 7.13. The van der Waals surface area contributed by atoms with E-state index in [-0.39, 0.29) is 11.4 Å². The van der Waals surface area contributed by atoms with Crippen molar-refractivity contribution in [1.82, 2.24) is 5.32 Å². The highest BCUT2D eigenvalue weighted by atomic mass is 79.9. The van der Waals surface area contributed by atoms with Crippen molar-refractivity contribution in [3.8, 4) is 0 Å². The van der Waals surface area contributed by atoms with E-state index in [0.717, 1.165) is 26.9 Å². The molecule has 1 atom stereocenters. The van der Waals surface area contributed by atoms with Gasteiger partial charge in [0.25, 0.3) is 0 Å². The number of aryl methyl sites for hydroxylation is 1. The van der Waals surface area contributed by atoms with Gasteiger partial charge in [0.1, 0.15) is 6.54 Å². The van der Waals surface area contributed by atoms with Gasteiger partial charge in [0.05, 0.1) is 22.9 Å². The number of hydrogen-bond donors (Lipinski definition) is 1. The predicted octanol–water partition coefficient (Wildman–Crippen LogP) is 2.80. The second-order valence-corrected chi connectivity index (χ2v) is 11.6. The van der Waals surface area contributed by atoms with Gasteiger partial charge in [-0.25, -0.2) is 16.8 Å². The molecular formula is C19H23BrN2O5S2. The molecule has 0 heterocycles. The lowest BCUT2D eigenvalue weighted by Gasteiger charge is -2.24. The van der Waals surface area contributed by atoms with Gasteiger partial charge in [-0.3, -0.25) is 9.10 Å². The average molecular weight is 503 g/mol. The van der Waals surface area contributed by atoms with Crippen molar-refractivity contribution in [2.75, 3.05) is 23.4 Å². The minimum atomic E-state index is -3.67. The molecule has 2 aromatic rings. The average Bonchev–Trinajstić information content (AvgIpc) is 2.60. The fraction of sp³-hybridized carbons (Fsp3) is 0.316. The van der Waals surface area contributed by atoms with Crippen LogP contribution in [0.1, 0.15) is 24.1 Å². The third kappa shape index (κ3) is 6.28. The molecule has 0 spiro atoms. The molecule has 0 aliphatic carbocycles. The van der Waals surface area contributed by atoms with E-state index in [1.54, 1.807) is 37.3 Å². The summed E-state index contributed by atoms with van der Waals surface area (Å²) in [5, 5.41) is 2.75. The SMILES string of the molecule is Cc1cc(N(CC(=O)N[C@@H](C)c2ccc(S(C)(=O)=O)cc2)S(C)(=O)=O)ccc1Br. The number of nitrogens with one attached hydrogen (secondary N) is 1. The lowest BCUT2D eigenvalue weighted by Crippen LogP contribution is -2.41. The summed E-state index contributed by atoms with van der Waals surface area (Å²) >= 11 is 3.37. The van der Waals surface area contributed by atoms with Gasteiger partial charge in [-0.05, 0) is 55.3 Å². The molecule has 0 bridgehead atoms. The summed E-state index contributed by atoms with van der Waals surface area (Å²) in [4.78, 5) is 12.7. The maximum absolute atomic E-state index is 12.5. The van der Waals surface area contributed by atoms with E-state index >= 15 is 0 Å². The molecule has 158 valence electrons. The van der Waals surface area contributed by atoms with Crippen molar-refractivity contribution in [3.63, 3.8) is 0 Å². The van der Waals surface area contributed by atoms with Crippen LogP contribution >= 0.6 is 15.9 Å². The highest BCUT2D eigenvalue weighted by Crippen LogP contribution is 2.24. The molecule has 2 aromatic carbocycles. The maximum atomic E-state index is 12.5. The first-order chi connectivity index (χ1) is 13.3. The number of hydrogen-bond acceptors (Lipinski definition) is 5. The molecule has 1 amide bonds. The molecule has 29 heavy (non-hydrogen) atoms. The van der Waals surface area contributed by atoms with E-state index in [0.29, 0.717) is 11.3 Å². The number of sulfone groups is 1. The standard InChI is InChI=1S/C19H23BrN2O5S2/c1-13-11-16(7-10-18(13)20)22(29(4,26)27)12-19(23)21-14(2)15-5-8-17(9-6-15)28(3,24)25/h5-11,14H,12H2,1-4H3,(H,21,23)/t14-/m0/s1. The van der Waals surface area contributed by atoms with Crippen LogP contribution in [0.4, 0.5) is 5.69 Å². The van der Waals surface area contributed by atoms with Gasteiger partial charge in [0, 0.05) is 10.7 Å². The lowest BCUT2D eigenvalue weighted by molar-refractivity contribution is -0.120. The van der Waals surface area contributed by atoms with Crippen LogP contribution < -0.4 is 9.62 Å². The fourth-order valence-electron chi connectivity index (χ4n) is 2.69. The Morgan fingerprint density at radius 3 is 2.14 bits per heavy atom. The summed E-state index contributed by atoms with van der Waals surface area (Å²) in [7, 11) is -6.98. The zero-order valence-electron chi connectivity index (χ0n) is 16.5. The van der Waals surface area contributed by atoms with Gasteiger partial charge >= 0.3 is 0 Å². The quantitative estimate of drug-likeness (QED) is 0.627. The van der Waals surface area contributed by atoms with Gasteiger partial charge < -0.3 is 5.32 Å². The lowest BCUT2D eigenvalue weighted by atomic mass is 10.1. The van der Waals surface area contributed by atoms with Crippen LogP contribution in [0.2, 0.25) is 0 Å². The Morgan fingerprint density at radius 1 is 1.07 bits per heavy atom. The zero-order valence-corrected chi connectivity index (χ0v) is 19.7. The van der Waals surface area contributed by atoms with Crippen LogP contribution in [0.25, 0.3) is 0 Å². The zero-order chi connectivity index (χ0) is 22.0. The smallest absolute Gasteiger partial charge is 0.241 e. The molecule has 0 radical (unpaired) electrons. The monoisotopic (exact) mass is 502 g/mol. The first-order valence-corrected chi connectivity index (χ1v) is 13.2. The van der Waals surface area contributed by atoms with E-state index in [4.69, 9.17) is 0 Å². The Labute approximate surface area is 180 Å². The minimum absolute atomic E-state index is 0.189. The van der Waals surface area contributed by atoms with Crippen molar-refractivity contribution >= 4 is 47.4 Å². The molecule has 1 N–H and O–H groups in total. The highest BCUT2D eigenvalue weighted by molar-refractivity contribution is 9.10. The first kappa shape index (κ1) is 23.4. The Hall–Kier alpha value is -1.91. The number of sulfonamides is 1. The molecule has 0 aliphatic rings. The molecule has 0 unspecified atom stereocenters. The summed E-state index contributed by atoms with van der Waals surface area (Å²) in [6.45, 7) is 3.20. The normalized spacial score (nSPS) is 13.0. The van der Waals surface area contributed by atoms with Crippen LogP contribution in [0, 0.1) is 6.92 Å². The van der Waals surface area contributed by atoms with Crippen LogP contribution in [-0.4, -0.2) is 41.8 Å². The second kappa shape index (κ2) is 8.85. The third-order valence-corrected chi connectivity index (χ3v) is 7.46. The number of halogens is 1. The molecular weight excluding hydrogens is 480 g/mol. The molecule has 7 nitrogen and oxygen atoms in total. The van der Waals surface area contributed by atoms with Gasteiger partial charge in [-0.15, -0.1) is 0 Å². The van der Waals surface area contributed by atoms with Gasteiger partial charge in [-0.2, -0.15) is 0 Å². The molecule has 0 fully saturated rings. The van der Waals surface area contributed by atoms with E-state index in [2.05, 4.69) is 21.2 Å². The van der Waals surface area contributed by atoms with E-state index in [1.165, 1.54) is 12.1 Å². The summed E-state index contributed by atoms with van der Waals surface area (Å²) in [5.74, 6) is -0.476. The van der Waals surface area contributed by atoms with Crippen LogP contribution in [0.5, 0.6) is 0 Å².